The van der Waals surface area contributed by atoms with Crippen molar-refractivity contribution < 1.29 is 0 Å². The van der Waals surface area contributed by atoms with Gasteiger partial charge in [-0.2, -0.15) is 0 Å². The Bertz CT molecular complexity index is 475. The molecule has 3 rings (SSSR count). The molecule has 0 aliphatic heterocycles. The number of anilines is 1. The standard InChI is InChI=1S/C18H29N3/c1-4-16-9-15(11-19-17-7-8-17)10-18(20-16)21(13(2)3)12-14-5-6-14/h9-10,13-14,17,19H,4-8,11-12H2,1-3H3. The van der Waals surface area contributed by atoms with Gasteiger partial charge in [0.15, 0.2) is 0 Å². The van der Waals surface area contributed by atoms with Crippen molar-refractivity contribution in [1.82, 2.24) is 10.3 Å². The molecular weight excluding hydrogens is 258 g/mol. The van der Waals surface area contributed by atoms with Crippen molar-refractivity contribution in [2.75, 3.05) is 11.4 Å². The zero-order valence-corrected chi connectivity index (χ0v) is 13.7. The molecule has 3 heteroatoms. The Morgan fingerprint density at radius 3 is 2.57 bits per heavy atom. The third-order valence-corrected chi connectivity index (χ3v) is 4.53. The Morgan fingerprint density at radius 1 is 1.24 bits per heavy atom. The Labute approximate surface area is 129 Å². The molecule has 0 spiro atoms. The van der Waals surface area contributed by atoms with E-state index in [9.17, 15) is 0 Å². The Morgan fingerprint density at radius 2 is 2.00 bits per heavy atom. The van der Waals surface area contributed by atoms with Crippen LogP contribution in [0.4, 0.5) is 5.82 Å². The van der Waals surface area contributed by atoms with Crippen LogP contribution in [0.2, 0.25) is 0 Å². The Hall–Kier alpha value is -1.09. The molecule has 0 atom stereocenters. The predicted octanol–water partition coefficient (Wildman–Crippen LogP) is 3.52. The van der Waals surface area contributed by atoms with Gasteiger partial charge < -0.3 is 10.2 Å². The zero-order valence-electron chi connectivity index (χ0n) is 13.7. The first-order chi connectivity index (χ1) is 10.2. The van der Waals surface area contributed by atoms with Gasteiger partial charge in [0.05, 0.1) is 0 Å². The van der Waals surface area contributed by atoms with Crippen molar-refractivity contribution >= 4 is 5.82 Å². The van der Waals surface area contributed by atoms with Crippen LogP contribution in [-0.4, -0.2) is 23.6 Å². The molecule has 1 aromatic heterocycles. The summed E-state index contributed by atoms with van der Waals surface area (Å²) in [6.07, 6.45) is 6.50. The molecule has 21 heavy (non-hydrogen) atoms. The van der Waals surface area contributed by atoms with E-state index in [2.05, 4.69) is 43.1 Å². The van der Waals surface area contributed by atoms with Crippen molar-refractivity contribution in [3.63, 3.8) is 0 Å². The maximum Gasteiger partial charge on any atom is 0.129 e. The third-order valence-electron chi connectivity index (χ3n) is 4.53. The quantitative estimate of drug-likeness (QED) is 0.793. The number of pyridine rings is 1. The lowest BCUT2D eigenvalue weighted by atomic mass is 10.1. The number of rotatable bonds is 8. The first-order valence-electron chi connectivity index (χ1n) is 8.65. The van der Waals surface area contributed by atoms with Crippen LogP contribution >= 0.6 is 0 Å². The van der Waals surface area contributed by atoms with Crippen molar-refractivity contribution in [2.45, 2.75) is 71.5 Å². The Balaban J connectivity index is 1.77. The van der Waals surface area contributed by atoms with E-state index in [1.54, 1.807) is 0 Å². The lowest BCUT2D eigenvalue weighted by molar-refractivity contribution is 0.632. The van der Waals surface area contributed by atoms with Crippen LogP contribution in [-0.2, 0) is 13.0 Å². The highest BCUT2D eigenvalue weighted by atomic mass is 15.2. The molecule has 0 aromatic carbocycles. The van der Waals surface area contributed by atoms with Gasteiger partial charge in [0.25, 0.3) is 0 Å². The van der Waals surface area contributed by atoms with E-state index in [0.29, 0.717) is 6.04 Å². The van der Waals surface area contributed by atoms with Gasteiger partial charge in [-0.05, 0) is 69.6 Å². The van der Waals surface area contributed by atoms with Gasteiger partial charge in [-0.3, -0.25) is 0 Å². The molecular formula is C18H29N3. The summed E-state index contributed by atoms with van der Waals surface area (Å²) in [5.41, 5.74) is 2.62. The number of nitrogens with zero attached hydrogens (tertiary/aromatic N) is 2. The van der Waals surface area contributed by atoms with Crippen LogP contribution in [0.15, 0.2) is 12.1 Å². The maximum atomic E-state index is 4.90. The second-order valence-corrected chi connectivity index (χ2v) is 7.02. The molecule has 0 unspecified atom stereocenters. The van der Waals surface area contributed by atoms with E-state index in [1.165, 1.54) is 49.3 Å². The highest BCUT2D eigenvalue weighted by Crippen LogP contribution is 2.32. The van der Waals surface area contributed by atoms with Gasteiger partial charge in [0.2, 0.25) is 0 Å². The fraction of sp³-hybridized carbons (Fsp3) is 0.722. The highest BCUT2D eigenvalue weighted by Gasteiger charge is 2.26. The van der Waals surface area contributed by atoms with Crippen LogP contribution in [0.25, 0.3) is 0 Å². The number of nitrogens with one attached hydrogen (secondary N) is 1. The first kappa shape index (κ1) is 14.8. The lowest BCUT2D eigenvalue weighted by Crippen LogP contribution is -2.33. The van der Waals surface area contributed by atoms with E-state index >= 15 is 0 Å². The molecule has 0 bridgehead atoms. The van der Waals surface area contributed by atoms with Crippen LogP contribution in [0.1, 0.15) is 57.7 Å². The van der Waals surface area contributed by atoms with Gasteiger partial charge in [0.1, 0.15) is 5.82 Å². The zero-order chi connectivity index (χ0) is 14.8. The van der Waals surface area contributed by atoms with Crippen molar-refractivity contribution in [3.05, 3.63) is 23.4 Å². The van der Waals surface area contributed by atoms with Gasteiger partial charge in [-0.15, -0.1) is 0 Å². The van der Waals surface area contributed by atoms with E-state index in [4.69, 9.17) is 4.98 Å². The summed E-state index contributed by atoms with van der Waals surface area (Å²) in [6.45, 7) is 8.93. The van der Waals surface area contributed by atoms with Gasteiger partial charge in [-0.25, -0.2) is 4.98 Å². The molecule has 3 nitrogen and oxygen atoms in total. The average molecular weight is 287 g/mol. The number of aryl methyl sites for hydroxylation is 1. The van der Waals surface area contributed by atoms with Crippen molar-refractivity contribution in [3.8, 4) is 0 Å². The smallest absolute Gasteiger partial charge is 0.129 e. The SMILES string of the molecule is CCc1cc(CNC2CC2)cc(N(CC2CC2)C(C)C)n1. The molecule has 2 aliphatic carbocycles. The van der Waals surface area contributed by atoms with Crippen LogP contribution in [0.3, 0.4) is 0 Å². The van der Waals surface area contributed by atoms with Gasteiger partial charge in [0, 0.05) is 30.9 Å². The van der Waals surface area contributed by atoms with Gasteiger partial charge in [-0.1, -0.05) is 6.92 Å². The van der Waals surface area contributed by atoms with Crippen LogP contribution in [0, 0.1) is 5.92 Å². The number of hydrogen-bond acceptors (Lipinski definition) is 3. The Kier molecular flexibility index (Phi) is 4.48. The minimum atomic E-state index is 0.523. The number of aromatic nitrogens is 1. The summed E-state index contributed by atoms with van der Waals surface area (Å²) >= 11 is 0. The van der Waals surface area contributed by atoms with Gasteiger partial charge >= 0.3 is 0 Å². The first-order valence-corrected chi connectivity index (χ1v) is 8.65. The molecule has 1 N–H and O–H groups in total. The predicted molar refractivity (Wildman–Crippen MR) is 88.7 cm³/mol. The van der Waals surface area contributed by atoms with E-state index < -0.39 is 0 Å². The minimum Gasteiger partial charge on any atom is -0.354 e. The molecule has 2 aliphatic rings. The summed E-state index contributed by atoms with van der Waals surface area (Å²) in [5.74, 6) is 2.08. The third kappa shape index (κ3) is 4.19. The molecule has 1 heterocycles. The summed E-state index contributed by atoms with van der Waals surface area (Å²) in [5, 5.41) is 3.63. The molecule has 0 amide bonds. The van der Waals surface area contributed by atoms with E-state index in [0.717, 1.165) is 24.9 Å². The molecule has 2 saturated carbocycles. The second-order valence-electron chi connectivity index (χ2n) is 7.02. The van der Waals surface area contributed by atoms with E-state index in [-0.39, 0.29) is 0 Å². The summed E-state index contributed by atoms with van der Waals surface area (Å²) in [4.78, 5) is 7.39. The van der Waals surface area contributed by atoms with E-state index in [1.807, 2.05) is 0 Å². The normalized spacial score (nSPS) is 18.3. The average Bonchev–Trinajstić information content (AvgIpc) is 3.36. The fourth-order valence-corrected chi connectivity index (χ4v) is 2.76. The molecule has 1 aromatic rings. The molecule has 116 valence electrons. The topological polar surface area (TPSA) is 28.2 Å². The summed E-state index contributed by atoms with van der Waals surface area (Å²) in [7, 11) is 0. The highest BCUT2D eigenvalue weighted by molar-refractivity contribution is 5.44. The largest absolute Gasteiger partial charge is 0.354 e. The minimum absolute atomic E-state index is 0.523. The summed E-state index contributed by atoms with van der Waals surface area (Å²) < 4.78 is 0. The van der Waals surface area contributed by atoms with Crippen LogP contribution < -0.4 is 10.2 Å². The lowest BCUT2D eigenvalue weighted by Gasteiger charge is -2.29. The summed E-state index contributed by atoms with van der Waals surface area (Å²) in [6, 6.07) is 5.86. The van der Waals surface area contributed by atoms with Crippen molar-refractivity contribution in [1.29, 1.82) is 0 Å². The number of hydrogen-bond donors (Lipinski definition) is 1. The molecule has 0 radical (unpaired) electrons. The molecule has 2 fully saturated rings. The second kappa shape index (κ2) is 6.35. The maximum absolute atomic E-state index is 4.90. The fourth-order valence-electron chi connectivity index (χ4n) is 2.76. The molecule has 0 saturated heterocycles. The van der Waals surface area contributed by atoms with Crippen molar-refractivity contribution in [2.24, 2.45) is 5.92 Å². The van der Waals surface area contributed by atoms with Crippen LogP contribution in [0.5, 0.6) is 0 Å². The monoisotopic (exact) mass is 287 g/mol.